The van der Waals surface area contributed by atoms with Crippen LogP contribution in [0, 0.1) is 13.8 Å². The molecular weight excluding hydrogens is 484 g/mol. The number of amides is 1. The first kappa shape index (κ1) is 24.6. The van der Waals surface area contributed by atoms with Crippen molar-refractivity contribution in [1.82, 2.24) is 19.9 Å². The molecule has 1 aliphatic rings. The molecule has 0 aliphatic carbocycles. The first-order valence-electron chi connectivity index (χ1n) is 12.0. The van der Waals surface area contributed by atoms with Crippen molar-refractivity contribution >= 4 is 34.6 Å². The van der Waals surface area contributed by atoms with E-state index in [-0.39, 0.29) is 24.6 Å². The third-order valence-corrected chi connectivity index (χ3v) is 6.68. The minimum Gasteiger partial charge on any atom is -0.375 e. The smallest absolute Gasteiger partial charge is 0.250 e. The largest absolute Gasteiger partial charge is 0.375 e. The van der Waals surface area contributed by atoms with E-state index in [1.807, 2.05) is 74.8 Å². The number of aryl methyl sites for hydroxylation is 2. The van der Waals surface area contributed by atoms with Crippen LogP contribution in [-0.2, 0) is 9.53 Å². The second kappa shape index (κ2) is 10.5. The Morgan fingerprint density at radius 2 is 1.97 bits per heavy atom. The number of benzene rings is 1. The fourth-order valence-corrected chi connectivity index (χ4v) is 4.98. The van der Waals surface area contributed by atoms with E-state index in [4.69, 9.17) is 17.0 Å². The van der Waals surface area contributed by atoms with Crippen LogP contribution in [0.15, 0.2) is 79.3 Å². The highest BCUT2D eigenvalue weighted by Gasteiger charge is 2.42. The van der Waals surface area contributed by atoms with Gasteiger partial charge in [0.25, 0.3) is 0 Å². The van der Waals surface area contributed by atoms with Crippen LogP contribution in [-0.4, -0.2) is 39.3 Å². The van der Waals surface area contributed by atoms with Gasteiger partial charge in [0.05, 0.1) is 11.7 Å². The lowest BCUT2D eigenvalue weighted by molar-refractivity contribution is -0.119. The lowest BCUT2D eigenvalue weighted by atomic mass is 10.0. The lowest BCUT2D eigenvalue weighted by Crippen LogP contribution is -2.30. The van der Waals surface area contributed by atoms with Crippen molar-refractivity contribution in [3.05, 3.63) is 102 Å². The molecule has 1 aromatic carbocycles. The molecule has 188 valence electrons. The molecule has 0 unspecified atom stereocenters. The second-order valence-electron chi connectivity index (χ2n) is 8.97. The molecule has 4 aromatic rings. The number of hydrogen-bond donors (Lipinski definition) is 2. The van der Waals surface area contributed by atoms with E-state index in [9.17, 15) is 4.79 Å². The van der Waals surface area contributed by atoms with Crippen molar-refractivity contribution in [3.63, 3.8) is 0 Å². The van der Waals surface area contributed by atoms with Crippen molar-refractivity contribution in [2.75, 3.05) is 23.9 Å². The molecule has 1 fully saturated rings. The van der Waals surface area contributed by atoms with Crippen molar-refractivity contribution in [3.8, 4) is 5.82 Å². The van der Waals surface area contributed by atoms with E-state index < -0.39 is 0 Å². The zero-order valence-corrected chi connectivity index (χ0v) is 21.7. The summed E-state index contributed by atoms with van der Waals surface area (Å²) in [5, 5.41) is 7.00. The molecule has 0 saturated carbocycles. The van der Waals surface area contributed by atoms with E-state index >= 15 is 0 Å². The molecule has 9 heteroatoms. The maximum atomic E-state index is 12.1. The second-order valence-corrected chi connectivity index (χ2v) is 9.36. The molecule has 2 N–H and O–H groups in total. The number of pyridine rings is 2. The Hall–Kier alpha value is -4.08. The molecule has 0 radical (unpaired) electrons. The van der Waals surface area contributed by atoms with Crippen LogP contribution in [0.25, 0.3) is 5.82 Å². The normalized spacial score (nSPS) is 17.1. The van der Waals surface area contributed by atoms with Gasteiger partial charge in [0.15, 0.2) is 5.11 Å². The molecule has 1 saturated heterocycles. The van der Waals surface area contributed by atoms with E-state index in [1.54, 1.807) is 6.20 Å². The Morgan fingerprint density at radius 1 is 1.11 bits per heavy atom. The van der Waals surface area contributed by atoms with Crippen molar-refractivity contribution in [2.45, 2.75) is 25.9 Å². The van der Waals surface area contributed by atoms with Crippen LogP contribution in [0.2, 0.25) is 0 Å². The molecule has 2 atom stereocenters. The summed E-state index contributed by atoms with van der Waals surface area (Å²) in [6.07, 6.45) is 5.67. The molecular formula is C28H28N6O2S. The summed E-state index contributed by atoms with van der Waals surface area (Å²) in [4.78, 5) is 23.5. The van der Waals surface area contributed by atoms with E-state index in [0.717, 1.165) is 39.7 Å². The van der Waals surface area contributed by atoms with Crippen molar-refractivity contribution in [2.24, 2.45) is 0 Å². The topological polar surface area (TPSA) is 84.3 Å². The molecule has 0 bridgehead atoms. The first-order chi connectivity index (χ1) is 18.0. The minimum absolute atomic E-state index is 0.000806. The third kappa shape index (κ3) is 4.96. The third-order valence-electron chi connectivity index (χ3n) is 6.36. The van der Waals surface area contributed by atoms with Gasteiger partial charge in [-0.25, -0.2) is 4.98 Å². The zero-order chi connectivity index (χ0) is 25.9. The Morgan fingerprint density at radius 3 is 2.68 bits per heavy atom. The molecule has 8 nitrogen and oxygen atoms in total. The summed E-state index contributed by atoms with van der Waals surface area (Å²) in [6.45, 7) is 3.98. The first-order valence-corrected chi connectivity index (χ1v) is 12.4. The fraction of sp³-hybridized carbons (Fsp3) is 0.214. The molecule has 5 rings (SSSR count). The Kier molecular flexibility index (Phi) is 6.98. The average molecular weight is 513 g/mol. The van der Waals surface area contributed by atoms with Crippen LogP contribution in [0.1, 0.15) is 34.6 Å². The van der Waals surface area contributed by atoms with Crippen LogP contribution >= 0.6 is 12.2 Å². The number of thiocarbonyl (C=S) groups is 1. The van der Waals surface area contributed by atoms with Crippen LogP contribution in [0.3, 0.4) is 0 Å². The maximum absolute atomic E-state index is 12.1. The average Bonchev–Trinajstić information content (AvgIpc) is 3.51. The minimum atomic E-state index is -0.201. The van der Waals surface area contributed by atoms with Gasteiger partial charge in [-0.05, 0) is 85.7 Å². The van der Waals surface area contributed by atoms with Crippen LogP contribution in [0.4, 0.5) is 11.4 Å². The summed E-state index contributed by atoms with van der Waals surface area (Å²) in [5.74, 6) is 0.628. The monoisotopic (exact) mass is 512 g/mol. The number of rotatable bonds is 7. The summed E-state index contributed by atoms with van der Waals surface area (Å²) < 4.78 is 7.03. The van der Waals surface area contributed by atoms with Gasteiger partial charge in [-0.3, -0.25) is 9.78 Å². The number of anilines is 2. The molecule has 1 aliphatic heterocycles. The van der Waals surface area contributed by atoms with Crippen LogP contribution in [0.5, 0.6) is 0 Å². The quantitative estimate of drug-likeness (QED) is 0.349. The standard InChI is InChI=1S/C28H28N6O2S/c1-18-9-12-24(30-16-18)33-14-6-8-23(33)27-26(22-7-4-5-13-29-22)32-28(37)34(27)20-10-11-21(19(2)15-20)31-25(35)17-36-3/h4-16,26-27H,17H2,1-3H3,(H,31,35)(H,32,37)/t26-,27-/m0/s1. The van der Waals surface area contributed by atoms with Gasteiger partial charge in [-0.2, -0.15) is 0 Å². The number of hydrogen-bond acceptors (Lipinski definition) is 5. The summed E-state index contributed by atoms with van der Waals surface area (Å²) in [5.41, 5.74) is 5.57. The van der Waals surface area contributed by atoms with E-state index in [2.05, 4.69) is 42.2 Å². The molecule has 1 amide bonds. The van der Waals surface area contributed by atoms with Crippen molar-refractivity contribution < 1.29 is 9.53 Å². The highest BCUT2D eigenvalue weighted by Crippen LogP contribution is 2.42. The predicted molar refractivity (Wildman–Crippen MR) is 148 cm³/mol. The van der Waals surface area contributed by atoms with Gasteiger partial charge < -0.3 is 24.8 Å². The summed E-state index contributed by atoms with van der Waals surface area (Å²) >= 11 is 5.88. The van der Waals surface area contributed by atoms with Gasteiger partial charge >= 0.3 is 0 Å². The predicted octanol–water partition coefficient (Wildman–Crippen LogP) is 4.65. The van der Waals surface area contributed by atoms with E-state index in [1.165, 1.54) is 7.11 Å². The molecule has 4 heterocycles. The number of aromatic nitrogens is 3. The zero-order valence-electron chi connectivity index (χ0n) is 20.9. The molecule has 37 heavy (non-hydrogen) atoms. The van der Waals surface area contributed by atoms with Gasteiger partial charge in [-0.15, -0.1) is 0 Å². The Labute approximate surface area is 221 Å². The number of methoxy groups -OCH3 is 1. The van der Waals surface area contributed by atoms with Gasteiger partial charge in [0.1, 0.15) is 18.5 Å². The molecule has 0 spiro atoms. The molecule has 3 aromatic heterocycles. The fourth-order valence-electron chi connectivity index (χ4n) is 4.64. The summed E-state index contributed by atoms with van der Waals surface area (Å²) in [7, 11) is 1.50. The van der Waals surface area contributed by atoms with Crippen LogP contribution < -0.4 is 15.5 Å². The lowest BCUT2D eigenvalue weighted by Gasteiger charge is -2.29. The highest BCUT2D eigenvalue weighted by molar-refractivity contribution is 7.80. The number of nitrogens with zero attached hydrogens (tertiary/aromatic N) is 4. The number of nitrogens with one attached hydrogen (secondary N) is 2. The Bertz CT molecular complexity index is 1420. The number of carbonyl (C=O) groups is 1. The van der Waals surface area contributed by atoms with Gasteiger partial charge in [-0.1, -0.05) is 12.1 Å². The van der Waals surface area contributed by atoms with E-state index in [0.29, 0.717) is 5.11 Å². The number of carbonyl (C=O) groups excluding carboxylic acids is 1. The number of ether oxygens (including phenoxy) is 1. The van der Waals surface area contributed by atoms with Crippen molar-refractivity contribution in [1.29, 1.82) is 0 Å². The maximum Gasteiger partial charge on any atom is 0.250 e. The van der Waals surface area contributed by atoms with Gasteiger partial charge in [0.2, 0.25) is 5.91 Å². The SMILES string of the molecule is COCC(=O)Nc1ccc(N2C(=S)N[C@@H](c3ccccn3)[C@@H]2c2cccn2-c2ccc(C)cn2)cc1C. The van der Waals surface area contributed by atoms with Gasteiger partial charge in [0, 0.05) is 42.8 Å². The summed E-state index contributed by atoms with van der Waals surface area (Å²) in [6, 6.07) is 19.6. The Balaban J connectivity index is 1.58. The highest BCUT2D eigenvalue weighted by atomic mass is 32.1.